The average Bonchev–Trinajstić information content (AvgIpc) is 2.59. The Labute approximate surface area is 156 Å². The summed E-state index contributed by atoms with van der Waals surface area (Å²) in [6.07, 6.45) is 0. The van der Waals surface area contributed by atoms with Crippen molar-refractivity contribution in [1.29, 1.82) is 0 Å². The summed E-state index contributed by atoms with van der Waals surface area (Å²) in [5, 5.41) is 2.90. The van der Waals surface area contributed by atoms with Crippen LogP contribution in [0.3, 0.4) is 0 Å². The molecule has 0 atom stereocenters. The maximum absolute atomic E-state index is 12.9. The number of hydrogen-bond donors (Lipinski definition) is 1. The molecule has 1 amide bonds. The lowest BCUT2D eigenvalue weighted by Crippen LogP contribution is -2.31. The predicted octanol–water partition coefficient (Wildman–Crippen LogP) is 3.89. The lowest BCUT2D eigenvalue weighted by atomic mass is 10.1. The lowest BCUT2D eigenvalue weighted by Gasteiger charge is -2.20. The Kier molecular flexibility index (Phi) is 6.21. The maximum Gasteiger partial charge on any atom is 0.255 e. The summed E-state index contributed by atoms with van der Waals surface area (Å²) < 4.78 is 27.1. The van der Waals surface area contributed by atoms with Gasteiger partial charge in [0.25, 0.3) is 5.91 Å². The van der Waals surface area contributed by atoms with Gasteiger partial charge in [-0.05, 0) is 49.6 Å². The smallest absolute Gasteiger partial charge is 0.255 e. The fourth-order valence-corrected chi connectivity index (χ4v) is 4.63. The van der Waals surface area contributed by atoms with Gasteiger partial charge in [0.2, 0.25) is 10.0 Å². The Balaban J connectivity index is 2.42. The molecule has 0 unspecified atom stereocenters. The van der Waals surface area contributed by atoms with Crippen LogP contribution in [-0.2, 0) is 10.0 Å². The van der Waals surface area contributed by atoms with Crippen molar-refractivity contribution in [2.45, 2.75) is 39.5 Å². The number of rotatable bonds is 6. The van der Waals surface area contributed by atoms with Crippen molar-refractivity contribution < 1.29 is 13.2 Å². The van der Waals surface area contributed by atoms with Crippen molar-refractivity contribution in [3.8, 4) is 0 Å². The number of nitrogens with one attached hydrogen (secondary N) is 1. The average molecular weight is 375 g/mol. The highest BCUT2D eigenvalue weighted by Crippen LogP contribution is 2.24. The van der Waals surface area contributed by atoms with Gasteiger partial charge in [-0.2, -0.15) is 4.31 Å². The summed E-state index contributed by atoms with van der Waals surface area (Å²) in [6, 6.07) is 10.6. The zero-order valence-corrected chi connectivity index (χ0v) is 16.8. The summed E-state index contributed by atoms with van der Waals surface area (Å²) in [6.45, 7) is 9.96. The number of para-hydroxylation sites is 1. The zero-order chi connectivity index (χ0) is 19.5. The van der Waals surface area contributed by atoms with Crippen molar-refractivity contribution >= 4 is 21.6 Å². The quantitative estimate of drug-likeness (QED) is 0.834. The molecule has 2 rings (SSSR count). The summed E-state index contributed by atoms with van der Waals surface area (Å²) in [7, 11) is -3.62. The van der Waals surface area contributed by atoms with E-state index in [2.05, 4.69) is 5.32 Å². The Morgan fingerprint density at radius 3 is 2.08 bits per heavy atom. The molecule has 0 fully saturated rings. The molecule has 0 aliphatic heterocycles. The van der Waals surface area contributed by atoms with Crippen LogP contribution >= 0.6 is 0 Å². The normalized spacial score (nSPS) is 11.6. The van der Waals surface area contributed by atoms with Gasteiger partial charge in [-0.3, -0.25) is 4.79 Å². The van der Waals surface area contributed by atoms with Crippen LogP contribution in [0.15, 0.2) is 41.3 Å². The molecule has 2 aromatic rings. The molecule has 0 saturated carbocycles. The molecule has 0 bridgehead atoms. The van der Waals surface area contributed by atoms with Gasteiger partial charge in [0.05, 0.1) is 4.90 Å². The molecular weight excluding hydrogens is 348 g/mol. The van der Waals surface area contributed by atoms with E-state index >= 15 is 0 Å². The number of sulfonamides is 1. The summed E-state index contributed by atoms with van der Waals surface area (Å²) in [5.41, 5.74) is 3.62. The van der Waals surface area contributed by atoms with Crippen LogP contribution < -0.4 is 5.32 Å². The SMILES string of the molecule is CCN(CC)S(=O)(=O)c1cc(C(=O)Nc2c(C)cccc2C)ccc1C. The first kappa shape index (κ1) is 20.1. The number of anilines is 1. The molecule has 0 heterocycles. The zero-order valence-electron chi connectivity index (χ0n) is 16.0. The molecule has 26 heavy (non-hydrogen) atoms. The first-order chi connectivity index (χ1) is 12.2. The molecule has 2 aromatic carbocycles. The van der Waals surface area contributed by atoms with E-state index < -0.39 is 10.0 Å². The van der Waals surface area contributed by atoms with E-state index in [0.717, 1.165) is 16.8 Å². The number of carbonyl (C=O) groups is 1. The summed E-state index contributed by atoms with van der Waals surface area (Å²) in [4.78, 5) is 12.9. The highest BCUT2D eigenvalue weighted by atomic mass is 32.2. The van der Waals surface area contributed by atoms with E-state index in [1.165, 1.54) is 10.4 Å². The van der Waals surface area contributed by atoms with Crippen molar-refractivity contribution in [3.05, 3.63) is 58.7 Å². The van der Waals surface area contributed by atoms with E-state index in [9.17, 15) is 13.2 Å². The lowest BCUT2D eigenvalue weighted by molar-refractivity contribution is 0.102. The Hall–Kier alpha value is -2.18. The molecule has 0 aromatic heterocycles. The number of hydrogen-bond acceptors (Lipinski definition) is 3. The topological polar surface area (TPSA) is 66.5 Å². The van der Waals surface area contributed by atoms with E-state index in [1.54, 1.807) is 32.9 Å². The Morgan fingerprint density at radius 1 is 0.962 bits per heavy atom. The fraction of sp³-hybridized carbons (Fsp3) is 0.350. The van der Waals surface area contributed by atoms with Crippen molar-refractivity contribution in [2.24, 2.45) is 0 Å². The van der Waals surface area contributed by atoms with Crippen molar-refractivity contribution in [3.63, 3.8) is 0 Å². The van der Waals surface area contributed by atoms with Crippen LogP contribution in [0.4, 0.5) is 5.69 Å². The molecule has 5 nitrogen and oxygen atoms in total. The standard InChI is InChI=1S/C20H26N2O3S/c1-6-22(7-2)26(24,25)18-13-17(12-11-14(18)3)20(23)21-19-15(4)9-8-10-16(19)5/h8-13H,6-7H2,1-5H3,(H,21,23). The van der Waals surface area contributed by atoms with E-state index in [-0.39, 0.29) is 10.8 Å². The Morgan fingerprint density at radius 2 is 1.54 bits per heavy atom. The molecule has 0 aliphatic carbocycles. The van der Waals surface area contributed by atoms with Crippen LogP contribution in [0.2, 0.25) is 0 Å². The molecule has 6 heteroatoms. The summed E-state index contributed by atoms with van der Waals surface area (Å²) in [5.74, 6) is -0.321. The Bertz CT molecular complexity index is 896. The van der Waals surface area contributed by atoms with Crippen LogP contribution in [0, 0.1) is 20.8 Å². The molecule has 0 aliphatic rings. The fourth-order valence-electron chi connectivity index (χ4n) is 2.92. The van der Waals surface area contributed by atoms with E-state index in [4.69, 9.17) is 0 Å². The molecule has 1 N–H and O–H groups in total. The predicted molar refractivity (Wildman–Crippen MR) is 105 cm³/mol. The van der Waals surface area contributed by atoms with Gasteiger partial charge in [-0.25, -0.2) is 8.42 Å². The van der Waals surface area contributed by atoms with Gasteiger partial charge in [-0.1, -0.05) is 38.1 Å². The third-order valence-corrected chi connectivity index (χ3v) is 6.69. The van der Waals surface area contributed by atoms with E-state index in [1.807, 2.05) is 32.0 Å². The molecule has 0 spiro atoms. The number of amides is 1. The van der Waals surface area contributed by atoms with Gasteiger partial charge >= 0.3 is 0 Å². The number of nitrogens with zero attached hydrogens (tertiary/aromatic N) is 1. The van der Waals surface area contributed by atoms with Gasteiger partial charge < -0.3 is 5.32 Å². The van der Waals surface area contributed by atoms with Crippen LogP contribution in [0.5, 0.6) is 0 Å². The van der Waals surface area contributed by atoms with Crippen LogP contribution in [0.1, 0.15) is 40.9 Å². The minimum atomic E-state index is -3.62. The third kappa shape index (κ3) is 3.97. The van der Waals surface area contributed by atoms with Gasteiger partial charge in [0, 0.05) is 24.3 Å². The number of benzene rings is 2. The monoisotopic (exact) mass is 374 g/mol. The molecular formula is C20H26N2O3S. The summed E-state index contributed by atoms with van der Waals surface area (Å²) >= 11 is 0. The highest BCUT2D eigenvalue weighted by molar-refractivity contribution is 7.89. The van der Waals surface area contributed by atoms with Crippen molar-refractivity contribution in [1.82, 2.24) is 4.31 Å². The largest absolute Gasteiger partial charge is 0.322 e. The molecule has 0 saturated heterocycles. The minimum absolute atomic E-state index is 0.176. The first-order valence-corrected chi connectivity index (χ1v) is 10.1. The second-order valence-corrected chi connectivity index (χ2v) is 8.20. The van der Waals surface area contributed by atoms with Crippen LogP contribution in [0.25, 0.3) is 0 Å². The third-order valence-electron chi connectivity index (χ3n) is 4.49. The second kappa shape index (κ2) is 8.01. The highest BCUT2D eigenvalue weighted by Gasteiger charge is 2.24. The number of carbonyl (C=O) groups excluding carboxylic acids is 1. The van der Waals surface area contributed by atoms with Gasteiger partial charge in [-0.15, -0.1) is 0 Å². The molecule has 0 radical (unpaired) electrons. The van der Waals surface area contributed by atoms with Gasteiger partial charge in [0.1, 0.15) is 0 Å². The van der Waals surface area contributed by atoms with Gasteiger partial charge in [0.15, 0.2) is 0 Å². The minimum Gasteiger partial charge on any atom is -0.322 e. The number of aryl methyl sites for hydroxylation is 3. The second-order valence-electron chi connectivity index (χ2n) is 6.29. The molecule has 140 valence electrons. The first-order valence-electron chi connectivity index (χ1n) is 8.70. The van der Waals surface area contributed by atoms with E-state index in [0.29, 0.717) is 24.2 Å². The maximum atomic E-state index is 12.9. The van der Waals surface area contributed by atoms with Crippen molar-refractivity contribution in [2.75, 3.05) is 18.4 Å². The van der Waals surface area contributed by atoms with Crippen LogP contribution in [-0.4, -0.2) is 31.7 Å².